The molecule has 1 amide bonds. The van der Waals surface area contributed by atoms with Crippen molar-refractivity contribution in [2.45, 2.75) is 63.8 Å². The Hall–Kier alpha value is -2.32. The number of carbonyl (C=O) groups is 2. The van der Waals surface area contributed by atoms with E-state index in [1.165, 1.54) is 0 Å². The molecule has 0 saturated carbocycles. The molecular weight excluding hydrogens is 414 g/mol. The molecule has 4 rings (SSSR count). The summed E-state index contributed by atoms with van der Waals surface area (Å²) < 4.78 is 18.9. The Morgan fingerprint density at radius 1 is 1.31 bits per heavy atom. The van der Waals surface area contributed by atoms with Crippen LogP contribution in [0.15, 0.2) is 18.2 Å². The number of carboxylic acid groups (broad SMARTS) is 1. The van der Waals surface area contributed by atoms with Crippen LogP contribution in [0.2, 0.25) is 0 Å². The SMILES string of the molecule is CC(C)CC(=O)N1CCO[C@@]2(CO[C@@H]3c4cccc(O)c4O[C@@](C)(CCC(=O)O)[C@H]3C2)C1. The summed E-state index contributed by atoms with van der Waals surface area (Å²) in [6.45, 7) is 7.72. The number of ether oxygens (including phenoxy) is 3. The van der Waals surface area contributed by atoms with Gasteiger partial charge in [0, 0.05) is 30.9 Å². The molecule has 176 valence electrons. The van der Waals surface area contributed by atoms with Crippen LogP contribution in [0.1, 0.15) is 58.1 Å². The number of amides is 1. The summed E-state index contributed by atoms with van der Waals surface area (Å²) in [6.07, 6.45) is 0.937. The van der Waals surface area contributed by atoms with Gasteiger partial charge in [0.2, 0.25) is 5.91 Å². The van der Waals surface area contributed by atoms with E-state index in [2.05, 4.69) is 0 Å². The van der Waals surface area contributed by atoms with Gasteiger partial charge >= 0.3 is 5.97 Å². The molecule has 3 heterocycles. The first kappa shape index (κ1) is 22.9. The highest BCUT2D eigenvalue weighted by molar-refractivity contribution is 5.76. The van der Waals surface area contributed by atoms with Gasteiger partial charge in [0.25, 0.3) is 0 Å². The van der Waals surface area contributed by atoms with E-state index in [-0.39, 0.29) is 42.4 Å². The first-order chi connectivity index (χ1) is 15.1. The number of phenolic OH excluding ortho intramolecular Hbond substituents is 1. The molecule has 1 aromatic carbocycles. The van der Waals surface area contributed by atoms with Gasteiger partial charge in [-0.05, 0) is 31.7 Å². The van der Waals surface area contributed by atoms with Gasteiger partial charge in [-0.25, -0.2) is 0 Å². The normalized spacial score (nSPS) is 31.7. The van der Waals surface area contributed by atoms with Crippen LogP contribution >= 0.6 is 0 Å². The standard InChI is InChI=1S/C24H33NO7/c1-15(2)11-19(27)25-9-10-31-24(13-25)12-17-21(30-14-24)16-5-4-6-18(26)22(16)32-23(17,3)8-7-20(28)29/h4-6,15,17,21,26H,7-14H2,1-3H3,(H,28,29)/t17-,21+,23-,24+/m0/s1. The zero-order valence-electron chi connectivity index (χ0n) is 19.0. The quantitative estimate of drug-likeness (QED) is 0.714. The van der Waals surface area contributed by atoms with Crippen LogP contribution in [-0.2, 0) is 19.1 Å². The van der Waals surface area contributed by atoms with Crippen LogP contribution in [0.3, 0.4) is 0 Å². The van der Waals surface area contributed by atoms with Crippen LogP contribution in [-0.4, -0.2) is 64.5 Å². The van der Waals surface area contributed by atoms with Gasteiger partial charge in [-0.2, -0.15) is 0 Å². The highest BCUT2D eigenvalue weighted by Gasteiger charge is 2.56. The van der Waals surface area contributed by atoms with Crippen molar-refractivity contribution in [1.29, 1.82) is 0 Å². The van der Waals surface area contributed by atoms with Crippen LogP contribution in [0.25, 0.3) is 0 Å². The number of para-hydroxylation sites is 1. The topological polar surface area (TPSA) is 106 Å². The number of benzene rings is 1. The minimum atomic E-state index is -0.903. The second-order valence-electron chi connectivity index (χ2n) is 9.99. The van der Waals surface area contributed by atoms with Gasteiger partial charge < -0.3 is 29.3 Å². The Morgan fingerprint density at radius 3 is 2.81 bits per heavy atom. The van der Waals surface area contributed by atoms with Crippen LogP contribution in [0.5, 0.6) is 11.5 Å². The van der Waals surface area contributed by atoms with E-state index >= 15 is 0 Å². The maximum atomic E-state index is 12.7. The average molecular weight is 448 g/mol. The zero-order valence-corrected chi connectivity index (χ0v) is 19.0. The Labute approximate surface area is 188 Å². The molecule has 1 spiro atoms. The lowest BCUT2D eigenvalue weighted by atomic mass is 9.69. The minimum Gasteiger partial charge on any atom is -0.504 e. The molecule has 0 radical (unpaired) electrons. The summed E-state index contributed by atoms with van der Waals surface area (Å²) >= 11 is 0. The van der Waals surface area contributed by atoms with Crippen molar-refractivity contribution in [2.75, 3.05) is 26.3 Å². The molecule has 8 heteroatoms. The third kappa shape index (κ3) is 4.30. The highest BCUT2D eigenvalue weighted by atomic mass is 16.6. The molecule has 0 aliphatic carbocycles. The Kier molecular flexibility index (Phi) is 6.11. The number of aromatic hydroxyl groups is 1. The second kappa shape index (κ2) is 8.56. The van der Waals surface area contributed by atoms with Crippen molar-refractivity contribution in [3.8, 4) is 11.5 Å². The van der Waals surface area contributed by atoms with Gasteiger partial charge in [-0.15, -0.1) is 0 Å². The molecular formula is C24H33NO7. The van der Waals surface area contributed by atoms with E-state index in [4.69, 9.17) is 14.2 Å². The summed E-state index contributed by atoms with van der Waals surface area (Å²) in [7, 11) is 0. The lowest BCUT2D eigenvalue weighted by Crippen LogP contribution is -2.62. The van der Waals surface area contributed by atoms with Gasteiger partial charge in [-0.1, -0.05) is 26.0 Å². The Bertz CT molecular complexity index is 887. The summed E-state index contributed by atoms with van der Waals surface area (Å²) in [4.78, 5) is 26.0. The molecule has 2 N–H and O–H groups in total. The Morgan fingerprint density at radius 2 is 2.09 bits per heavy atom. The molecule has 8 nitrogen and oxygen atoms in total. The smallest absolute Gasteiger partial charge is 0.303 e. The van der Waals surface area contributed by atoms with Gasteiger partial charge in [0.15, 0.2) is 11.5 Å². The summed E-state index contributed by atoms with van der Waals surface area (Å²) in [5.41, 5.74) is -0.759. The van der Waals surface area contributed by atoms with E-state index in [1.807, 2.05) is 31.7 Å². The molecule has 3 aliphatic heterocycles. The molecule has 4 atom stereocenters. The number of carboxylic acids is 1. The maximum absolute atomic E-state index is 12.7. The van der Waals surface area contributed by atoms with Crippen LogP contribution < -0.4 is 4.74 Å². The van der Waals surface area contributed by atoms with Crippen molar-refractivity contribution in [3.05, 3.63) is 23.8 Å². The molecule has 3 aliphatic rings. The lowest BCUT2D eigenvalue weighted by Gasteiger charge is -2.55. The monoisotopic (exact) mass is 447 g/mol. The first-order valence-corrected chi connectivity index (χ1v) is 11.4. The van der Waals surface area contributed by atoms with Crippen molar-refractivity contribution in [1.82, 2.24) is 4.90 Å². The number of rotatable bonds is 5. The third-order valence-corrected chi connectivity index (χ3v) is 6.95. The minimum absolute atomic E-state index is 0.0192. The number of morpholine rings is 1. The second-order valence-corrected chi connectivity index (χ2v) is 9.99. The largest absolute Gasteiger partial charge is 0.504 e. The van der Waals surface area contributed by atoms with Gasteiger partial charge in [0.1, 0.15) is 11.2 Å². The molecule has 2 fully saturated rings. The van der Waals surface area contributed by atoms with E-state index in [1.54, 1.807) is 12.1 Å². The number of nitrogens with zero attached hydrogens (tertiary/aromatic N) is 1. The molecule has 32 heavy (non-hydrogen) atoms. The van der Waals surface area contributed by atoms with E-state index in [0.717, 1.165) is 5.56 Å². The van der Waals surface area contributed by atoms with E-state index in [9.17, 15) is 19.8 Å². The molecule has 0 aromatic heterocycles. The highest BCUT2D eigenvalue weighted by Crippen LogP contribution is 2.55. The van der Waals surface area contributed by atoms with Crippen molar-refractivity contribution >= 4 is 11.9 Å². The zero-order chi connectivity index (χ0) is 23.1. The van der Waals surface area contributed by atoms with Gasteiger partial charge in [0.05, 0.1) is 25.9 Å². The predicted octanol–water partition coefficient (Wildman–Crippen LogP) is 3.13. The number of aliphatic carboxylic acids is 1. The lowest BCUT2D eigenvalue weighted by molar-refractivity contribution is -0.233. The fourth-order valence-electron chi connectivity index (χ4n) is 5.29. The van der Waals surface area contributed by atoms with Crippen LogP contribution in [0, 0.1) is 11.8 Å². The molecule has 2 saturated heterocycles. The van der Waals surface area contributed by atoms with Crippen molar-refractivity contribution in [2.24, 2.45) is 11.8 Å². The molecule has 0 bridgehead atoms. The number of hydrogen-bond donors (Lipinski definition) is 2. The fraction of sp³-hybridized carbons (Fsp3) is 0.667. The molecule has 0 unspecified atom stereocenters. The number of fused-ring (bicyclic) bond motifs is 3. The van der Waals surface area contributed by atoms with Gasteiger partial charge in [-0.3, -0.25) is 9.59 Å². The van der Waals surface area contributed by atoms with E-state index in [0.29, 0.717) is 44.9 Å². The fourth-order valence-corrected chi connectivity index (χ4v) is 5.29. The third-order valence-electron chi connectivity index (χ3n) is 6.95. The summed E-state index contributed by atoms with van der Waals surface area (Å²) in [5.74, 6) is -0.316. The number of hydrogen-bond acceptors (Lipinski definition) is 6. The average Bonchev–Trinajstić information content (AvgIpc) is 2.73. The van der Waals surface area contributed by atoms with Crippen molar-refractivity contribution < 1.29 is 34.0 Å². The first-order valence-electron chi connectivity index (χ1n) is 11.4. The summed E-state index contributed by atoms with van der Waals surface area (Å²) in [6, 6.07) is 5.19. The van der Waals surface area contributed by atoms with Crippen molar-refractivity contribution in [3.63, 3.8) is 0 Å². The summed E-state index contributed by atoms with van der Waals surface area (Å²) in [5, 5.41) is 19.7. The number of phenols is 1. The maximum Gasteiger partial charge on any atom is 0.303 e. The molecule has 1 aromatic rings. The van der Waals surface area contributed by atoms with Crippen LogP contribution in [0.4, 0.5) is 0 Å². The van der Waals surface area contributed by atoms with E-state index < -0.39 is 17.2 Å². The Balaban J connectivity index is 1.63. The predicted molar refractivity (Wildman–Crippen MR) is 116 cm³/mol. The number of carbonyl (C=O) groups excluding carboxylic acids is 1.